The second-order valence-corrected chi connectivity index (χ2v) is 4.54. The quantitative estimate of drug-likeness (QED) is 0.822. The summed E-state index contributed by atoms with van der Waals surface area (Å²) < 4.78 is 10.9. The number of halogens is 1. The highest BCUT2D eigenvalue weighted by atomic mass is 35.5. The van der Waals surface area contributed by atoms with Crippen molar-refractivity contribution in [3.63, 3.8) is 0 Å². The van der Waals surface area contributed by atoms with E-state index >= 15 is 0 Å². The molecule has 0 unspecified atom stereocenters. The first-order valence-corrected chi connectivity index (χ1v) is 6.70. The molecule has 0 saturated heterocycles. The van der Waals surface area contributed by atoms with Crippen molar-refractivity contribution in [2.45, 2.75) is 19.9 Å². The number of H-pyrrole nitrogens is 1. The lowest BCUT2D eigenvalue weighted by Gasteiger charge is -2.13. The Morgan fingerprint density at radius 3 is 2.85 bits per heavy atom. The van der Waals surface area contributed by atoms with Crippen molar-refractivity contribution >= 4 is 17.5 Å². The molecule has 1 heterocycles. The Hall–Kier alpha value is -1.95. The second-order valence-electron chi connectivity index (χ2n) is 4.13. The minimum Gasteiger partial charge on any atom is -0.493 e. The molecular weight excluding hydrogens is 280 g/mol. The number of hydrogen-bond acceptors (Lipinski definition) is 5. The molecule has 0 saturated carbocycles. The van der Waals surface area contributed by atoms with Gasteiger partial charge in [-0.2, -0.15) is 5.10 Å². The van der Waals surface area contributed by atoms with E-state index in [1.165, 1.54) is 6.33 Å². The molecule has 2 aromatic rings. The SMILES string of the molecule is CCCOc1cc(Cl)c(CNc2ncn[nH]2)cc1OC. The fourth-order valence-electron chi connectivity index (χ4n) is 1.67. The van der Waals surface area contributed by atoms with Crippen molar-refractivity contribution in [1.82, 2.24) is 15.2 Å². The largest absolute Gasteiger partial charge is 0.493 e. The van der Waals surface area contributed by atoms with Gasteiger partial charge in [0.2, 0.25) is 5.95 Å². The summed E-state index contributed by atoms with van der Waals surface area (Å²) in [6.07, 6.45) is 2.36. The van der Waals surface area contributed by atoms with Gasteiger partial charge in [-0.3, -0.25) is 0 Å². The normalized spacial score (nSPS) is 10.3. The molecule has 6 nitrogen and oxygen atoms in total. The Labute approximate surface area is 122 Å². The molecule has 0 radical (unpaired) electrons. The molecule has 0 spiro atoms. The molecule has 0 aliphatic heterocycles. The van der Waals surface area contributed by atoms with Crippen LogP contribution in [0.5, 0.6) is 11.5 Å². The molecule has 2 rings (SSSR count). The maximum Gasteiger partial charge on any atom is 0.218 e. The van der Waals surface area contributed by atoms with Crippen LogP contribution in [0, 0.1) is 0 Å². The predicted octanol–water partition coefficient (Wildman–Crippen LogP) is 2.87. The number of anilines is 1. The lowest BCUT2D eigenvalue weighted by molar-refractivity contribution is 0.294. The fraction of sp³-hybridized carbons (Fsp3) is 0.385. The Morgan fingerprint density at radius 2 is 2.20 bits per heavy atom. The van der Waals surface area contributed by atoms with Crippen molar-refractivity contribution < 1.29 is 9.47 Å². The summed E-state index contributed by atoms with van der Waals surface area (Å²) in [4.78, 5) is 3.98. The number of hydrogen-bond donors (Lipinski definition) is 2. The number of nitrogens with one attached hydrogen (secondary N) is 2. The number of rotatable bonds is 7. The van der Waals surface area contributed by atoms with Crippen LogP contribution < -0.4 is 14.8 Å². The van der Waals surface area contributed by atoms with E-state index in [1.807, 2.05) is 13.0 Å². The maximum absolute atomic E-state index is 6.26. The summed E-state index contributed by atoms with van der Waals surface area (Å²) in [7, 11) is 1.61. The van der Waals surface area contributed by atoms with E-state index in [1.54, 1.807) is 13.2 Å². The minimum atomic E-state index is 0.512. The van der Waals surface area contributed by atoms with Crippen LogP contribution in [-0.2, 0) is 6.54 Å². The number of ether oxygens (including phenoxy) is 2. The van der Waals surface area contributed by atoms with Crippen LogP contribution in [0.15, 0.2) is 18.5 Å². The van der Waals surface area contributed by atoms with Gasteiger partial charge >= 0.3 is 0 Å². The van der Waals surface area contributed by atoms with Crippen LogP contribution in [0.4, 0.5) is 5.95 Å². The number of methoxy groups -OCH3 is 1. The Morgan fingerprint density at radius 1 is 1.35 bits per heavy atom. The Balaban J connectivity index is 2.12. The van der Waals surface area contributed by atoms with E-state index in [2.05, 4.69) is 20.5 Å². The standard InChI is InChI=1S/C13H17ClN4O2/c1-3-4-20-12-6-10(14)9(5-11(12)19-2)7-15-13-16-8-17-18-13/h5-6,8H,3-4,7H2,1-2H3,(H2,15,16,17,18). The van der Waals surface area contributed by atoms with E-state index in [0.717, 1.165) is 12.0 Å². The molecule has 0 aliphatic carbocycles. The zero-order valence-electron chi connectivity index (χ0n) is 11.4. The van der Waals surface area contributed by atoms with Gasteiger partial charge in [-0.15, -0.1) is 0 Å². The van der Waals surface area contributed by atoms with Crippen molar-refractivity contribution in [3.05, 3.63) is 29.0 Å². The molecule has 0 aliphatic rings. The fourth-order valence-corrected chi connectivity index (χ4v) is 1.89. The third-order valence-corrected chi connectivity index (χ3v) is 3.01. The lowest BCUT2D eigenvalue weighted by Crippen LogP contribution is -2.04. The molecule has 7 heteroatoms. The van der Waals surface area contributed by atoms with Gasteiger partial charge in [0.15, 0.2) is 11.5 Å². The maximum atomic E-state index is 6.26. The van der Waals surface area contributed by atoms with Crippen LogP contribution >= 0.6 is 11.6 Å². The Kier molecular flexibility index (Phi) is 5.06. The summed E-state index contributed by atoms with van der Waals surface area (Å²) in [6, 6.07) is 3.63. The van der Waals surface area contributed by atoms with Crippen LogP contribution in [-0.4, -0.2) is 28.9 Å². The van der Waals surface area contributed by atoms with Crippen LogP contribution in [0.25, 0.3) is 0 Å². The summed E-state index contributed by atoms with van der Waals surface area (Å²) in [5.41, 5.74) is 0.892. The molecule has 108 valence electrons. The van der Waals surface area contributed by atoms with Gasteiger partial charge in [0.1, 0.15) is 6.33 Å². The van der Waals surface area contributed by atoms with Gasteiger partial charge in [-0.25, -0.2) is 10.1 Å². The number of nitrogens with zero attached hydrogens (tertiary/aromatic N) is 2. The molecule has 0 amide bonds. The van der Waals surface area contributed by atoms with E-state index < -0.39 is 0 Å². The van der Waals surface area contributed by atoms with Gasteiger partial charge in [-0.05, 0) is 18.1 Å². The molecule has 0 bridgehead atoms. The second kappa shape index (κ2) is 7.00. The number of aromatic nitrogens is 3. The van der Waals surface area contributed by atoms with Gasteiger partial charge in [0.05, 0.1) is 13.7 Å². The number of aromatic amines is 1. The van der Waals surface area contributed by atoms with Gasteiger partial charge in [0, 0.05) is 17.6 Å². The van der Waals surface area contributed by atoms with Crippen molar-refractivity contribution in [2.24, 2.45) is 0 Å². The van der Waals surface area contributed by atoms with Gasteiger partial charge < -0.3 is 14.8 Å². The predicted molar refractivity (Wildman–Crippen MR) is 77.5 cm³/mol. The van der Waals surface area contributed by atoms with E-state index in [9.17, 15) is 0 Å². The summed E-state index contributed by atoms with van der Waals surface area (Å²) in [5.74, 6) is 1.91. The van der Waals surface area contributed by atoms with Gasteiger partial charge in [0.25, 0.3) is 0 Å². The van der Waals surface area contributed by atoms with Gasteiger partial charge in [-0.1, -0.05) is 18.5 Å². The Bertz CT molecular complexity index is 546. The van der Waals surface area contributed by atoms with Crippen molar-refractivity contribution in [2.75, 3.05) is 19.0 Å². The highest BCUT2D eigenvalue weighted by Gasteiger charge is 2.10. The highest BCUT2D eigenvalue weighted by Crippen LogP contribution is 2.33. The summed E-state index contributed by atoms with van der Waals surface area (Å²) >= 11 is 6.26. The highest BCUT2D eigenvalue weighted by molar-refractivity contribution is 6.31. The molecule has 1 aromatic heterocycles. The molecule has 20 heavy (non-hydrogen) atoms. The number of benzene rings is 1. The first kappa shape index (κ1) is 14.5. The minimum absolute atomic E-state index is 0.512. The average Bonchev–Trinajstić information content (AvgIpc) is 2.97. The summed E-state index contributed by atoms with van der Waals surface area (Å²) in [5, 5.41) is 10.2. The average molecular weight is 297 g/mol. The lowest BCUT2D eigenvalue weighted by atomic mass is 10.2. The van der Waals surface area contributed by atoms with Crippen LogP contribution in [0.1, 0.15) is 18.9 Å². The monoisotopic (exact) mass is 296 g/mol. The molecule has 0 atom stereocenters. The zero-order chi connectivity index (χ0) is 14.4. The molecular formula is C13H17ClN4O2. The smallest absolute Gasteiger partial charge is 0.218 e. The molecule has 2 N–H and O–H groups in total. The van der Waals surface area contributed by atoms with E-state index in [-0.39, 0.29) is 0 Å². The zero-order valence-corrected chi connectivity index (χ0v) is 12.2. The first-order valence-electron chi connectivity index (χ1n) is 6.33. The van der Waals surface area contributed by atoms with Crippen LogP contribution in [0.2, 0.25) is 5.02 Å². The van der Waals surface area contributed by atoms with Crippen LogP contribution in [0.3, 0.4) is 0 Å². The van der Waals surface area contributed by atoms with E-state index in [0.29, 0.717) is 35.6 Å². The first-order chi connectivity index (χ1) is 9.74. The topological polar surface area (TPSA) is 72.1 Å². The molecule has 0 fully saturated rings. The third kappa shape index (κ3) is 3.54. The van der Waals surface area contributed by atoms with E-state index in [4.69, 9.17) is 21.1 Å². The third-order valence-electron chi connectivity index (χ3n) is 2.66. The van der Waals surface area contributed by atoms with Crippen molar-refractivity contribution in [3.8, 4) is 11.5 Å². The molecule has 1 aromatic carbocycles. The summed E-state index contributed by atoms with van der Waals surface area (Å²) in [6.45, 7) is 3.19. The van der Waals surface area contributed by atoms with Crippen molar-refractivity contribution in [1.29, 1.82) is 0 Å².